The Bertz CT molecular complexity index is 1280. The molecule has 4 N–H and O–H groups in total. The van der Waals surface area contributed by atoms with E-state index in [0.29, 0.717) is 12.8 Å². The first-order valence-corrected chi connectivity index (χ1v) is 25.8. The van der Waals surface area contributed by atoms with Crippen LogP contribution in [0.5, 0.6) is 0 Å². The van der Waals surface area contributed by atoms with E-state index in [4.69, 9.17) is 24.8 Å². The van der Waals surface area contributed by atoms with Gasteiger partial charge in [0.25, 0.3) is 0 Å². The number of carbonyl (C=O) groups is 3. The van der Waals surface area contributed by atoms with E-state index in [1.165, 1.54) is 116 Å². The summed E-state index contributed by atoms with van der Waals surface area (Å²) >= 11 is 0. The number of rotatable bonds is 45. The summed E-state index contributed by atoms with van der Waals surface area (Å²) in [7, 11) is -4.74. The van der Waals surface area contributed by atoms with E-state index in [2.05, 4.69) is 67.0 Å². The summed E-state index contributed by atoms with van der Waals surface area (Å²) in [6, 6.07) is -1.53. The molecule has 0 rings (SSSR count). The predicted octanol–water partition coefficient (Wildman–Crippen LogP) is 13.5. The average molecular weight is 894 g/mol. The molecule has 12 heteroatoms. The van der Waals surface area contributed by atoms with Gasteiger partial charge in [-0.05, 0) is 51.4 Å². The Kier molecular flexibility index (Phi) is 42.7. The fourth-order valence-electron chi connectivity index (χ4n) is 6.46. The summed E-state index contributed by atoms with van der Waals surface area (Å²) < 4.78 is 32.7. The summed E-state index contributed by atoms with van der Waals surface area (Å²) in [5.74, 6) is -2.48. The number of allylic oxidation sites excluding steroid dienone is 10. The van der Waals surface area contributed by atoms with Crippen molar-refractivity contribution in [3.8, 4) is 0 Å². The van der Waals surface area contributed by atoms with E-state index in [0.717, 1.165) is 51.4 Å². The largest absolute Gasteiger partial charge is 0.480 e. The summed E-state index contributed by atoms with van der Waals surface area (Å²) in [5, 5.41) is 8.91. The average Bonchev–Trinajstić information content (AvgIpc) is 3.25. The van der Waals surface area contributed by atoms with Gasteiger partial charge in [-0.2, -0.15) is 0 Å². The zero-order valence-electron chi connectivity index (χ0n) is 38.9. The Morgan fingerprint density at radius 3 is 1.34 bits per heavy atom. The highest BCUT2D eigenvalue weighted by Crippen LogP contribution is 2.43. The topological polar surface area (TPSA) is 172 Å². The SMILES string of the molecule is CCCCC/C=C/C/C=C/C/C=C/C/C=C/C/C=C/CCC(=O)O[C@H](COC(=O)CCCCCCCCCCCCCCCCCCCCC)COP(=O)(O)OC[C@H](N)C(=O)O. The quantitative estimate of drug-likeness (QED) is 0.0230. The number of carboxylic acids is 1. The van der Waals surface area contributed by atoms with Crippen molar-refractivity contribution >= 4 is 25.7 Å². The molecule has 0 aliphatic rings. The molecule has 0 aromatic carbocycles. The highest BCUT2D eigenvalue weighted by atomic mass is 31.2. The smallest absolute Gasteiger partial charge is 0.472 e. The van der Waals surface area contributed by atoms with Gasteiger partial charge in [0.05, 0.1) is 13.2 Å². The van der Waals surface area contributed by atoms with Gasteiger partial charge in [-0.15, -0.1) is 0 Å². The van der Waals surface area contributed by atoms with E-state index < -0.39 is 51.1 Å². The highest BCUT2D eigenvalue weighted by Gasteiger charge is 2.28. The van der Waals surface area contributed by atoms with Gasteiger partial charge in [0.15, 0.2) is 6.10 Å². The number of esters is 2. The Hall–Kier alpha value is -2.82. The molecule has 0 fully saturated rings. The molecule has 0 aromatic rings. The summed E-state index contributed by atoms with van der Waals surface area (Å²) in [5.41, 5.74) is 5.34. The fraction of sp³-hybridized carbons (Fsp3) is 0.740. The molecule has 0 aromatic heterocycles. The molecule has 0 spiro atoms. The molecule has 3 atom stereocenters. The predicted molar refractivity (Wildman–Crippen MR) is 254 cm³/mol. The third kappa shape index (κ3) is 43.8. The van der Waals surface area contributed by atoms with Crippen molar-refractivity contribution in [2.45, 2.75) is 219 Å². The number of carboxylic acid groups (broad SMARTS) is 1. The molecule has 358 valence electrons. The van der Waals surface area contributed by atoms with Crippen LogP contribution >= 0.6 is 7.82 Å². The number of nitrogens with two attached hydrogens (primary N) is 1. The van der Waals surface area contributed by atoms with E-state index in [-0.39, 0.29) is 19.4 Å². The maximum Gasteiger partial charge on any atom is 0.472 e. The zero-order valence-corrected chi connectivity index (χ0v) is 39.8. The normalized spacial score (nSPS) is 14.1. The van der Waals surface area contributed by atoms with Gasteiger partial charge >= 0.3 is 25.7 Å². The van der Waals surface area contributed by atoms with Crippen LogP contribution < -0.4 is 5.73 Å². The van der Waals surface area contributed by atoms with Gasteiger partial charge in [-0.3, -0.25) is 23.4 Å². The van der Waals surface area contributed by atoms with Crippen LogP contribution in [0, 0.1) is 0 Å². The van der Waals surface area contributed by atoms with E-state index >= 15 is 0 Å². The molecule has 0 saturated carbocycles. The molecule has 0 saturated heterocycles. The lowest BCUT2D eigenvalue weighted by atomic mass is 10.0. The van der Waals surface area contributed by atoms with Gasteiger partial charge in [-0.25, -0.2) is 4.57 Å². The number of aliphatic carboxylic acids is 1. The molecule has 1 unspecified atom stereocenters. The van der Waals surface area contributed by atoms with Crippen molar-refractivity contribution in [3.63, 3.8) is 0 Å². The summed E-state index contributed by atoms with van der Waals surface area (Å²) in [6.45, 7) is 2.72. The van der Waals surface area contributed by atoms with Crippen LogP contribution in [-0.2, 0) is 37.5 Å². The molecular formula is C50H88NO10P. The van der Waals surface area contributed by atoms with Crippen LogP contribution in [0.4, 0.5) is 0 Å². The first-order valence-electron chi connectivity index (χ1n) is 24.3. The molecule has 0 bridgehead atoms. The maximum atomic E-state index is 12.6. The van der Waals surface area contributed by atoms with Crippen molar-refractivity contribution in [2.24, 2.45) is 5.73 Å². The Labute approximate surface area is 377 Å². The van der Waals surface area contributed by atoms with Crippen LogP contribution in [0.1, 0.15) is 206 Å². The number of unbranched alkanes of at least 4 members (excludes halogenated alkanes) is 21. The minimum atomic E-state index is -4.74. The second-order valence-corrected chi connectivity index (χ2v) is 17.7. The van der Waals surface area contributed by atoms with Gasteiger partial charge in [0.1, 0.15) is 12.6 Å². The first-order chi connectivity index (χ1) is 30.1. The van der Waals surface area contributed by atoms with Crippen LogP contribution in [-0.4, -0.2) is 59.9 Å². The third-order valence-corrected chi connectivity index (χ3v) is 11.2. The lowest BCUT2D eigenvalue weighted by molar-refractivity contribution is -0.161. The van der Waals surface area contributed by atoms with Crippen molar-refractivity contribution < 1.29 is 47.5 Å². The summed E-state index contributed by atoms with van der Waals surface area (Å²) in [6.07, 6.45) is 53.0. The number of phosphoric ester groups is 1. The Morgan fingerprint density at radius 1 is 0.500 bits per heavy atom. The van der Waals surface area contributed by atoms with Crippen molar-refractivity contribution in [2.75, 3.05) is 19.8 Å². The van der Waals surface area contributed by atoms with Gasteiger partial charge in [0, 0.05) is 12.8 Å². The second-order valence-electron chi connectivity index (χ2n) is 16.2. The number of hydrogen-bond donors (Lipinski definition) is 3. The molecular weight excluding hydrogens is 806 g/mol. The first kappa shape index (κ1) is 59.2. The second kappa shape index (κ2) is 44.8. The van der Waals surface area contributed by atoms with E-state index in [1.54, 1.807) is 0 Å². The van der Waals surface area contributed by atoms with E-state index in [9.17, 15) is 23.8 Å². The number of hydrogen-bond acceptors (Lipinski definition) is 9. The standard InChI is InChI=1S/C50H88NO10P/c1-3-5-7-9-11-13-15-17-19-21-23-25-27-29-31-33-35-37-39-41-48(52)58-43-46(44-59-62(56,57)60-45-47(51)50(54)55)61-49(53)42-40-38-36-34-32-30-28-26-24-22-20-18-16-14-12-10-8-6-4-2/h12,14,18,20,24,26,30,32,36,38,46-47H,3-11,13,15-17,19,21-23,25,27-29,31,33-35,37,39-45,51H2,1-2H3,(H,54,55)(H,56,57)/b14-12+,20-18+,26-24+,32-30+,38-36+/t46-,47+/m1/s1. The highest BCUT2D eigenvalue weighted by molar-refractivity contribution is 7.47. The number of ether oxygens (including phenoxy) is 2. The van der Waals surface area contributed by atoms with Crippen LogP contribution in [0.3, 0.4) is 0 Å². The van der Waals surface area contributed by atoms with E-state index in [1.807, 2.05) is 12.2 Å². The molecule has 11 nitrogen and oxygen atoms in total. The minimum absolute atomic E-state index is 0.0374. The monoisotopic (exact) mass is 894 g/mol. The molecule has 0 aliphatic carbocycles. The fourth-order valence-corrected chi connectivity index (χ4v) is 7.24. The van der Waals surface area contributed by atoms with Gasteiger partial charge < -0.3 is 25.2 Å². The molecule has 0 radical (unpaired) electrons. The van der Waals surface area contributed by atoms with Crippen LogP contribution in [0.2, 0.25) is 0 Å². The van der Waals surface area contributed by atoms with Gasteiger partial charge in [0.2, 0.25) is 0 Å². The van der Waals surface area contributed by atoms with Crippen LogP contribution in [0.25, 0.3) is 0 Å². The number of carbonyl (C=O) groups excluding carboxylic acids is 2. The molecule has 0 amide bonds. The van der Waals surface area contributed by atoms with Crippen molar-refractivity contribution in [3.05, 3.63) is 60.8 Å². The molecule has 62 heavy (non-hydrogen) atoms. The maximum absolute atomic E-state index is 12.6. The Balaban J connectivity index is 4.39. The molecule has 0 aliphatic heterocycles. The zero-order chi connectivity index (χ0) is 45.6. The number of phosphoric acid groups is 1. The lowest BCUT2D eigenvalue weighted by Crippen LogP contribution is -2.34. The van der Waals surface area contributed by atoms with Crippen molar-refractivity contribution in [1.82, 2.24) is 0 Å². The van der Waals surface area contributed by atoms with Gasteiger partial charge in [-0.1, -0.05) is 203 Å². The molecule has 0 heterocycles. The third-order valence-electron chi connectivity index (χ3n) is 10.3. The minimum Gasteiger partial charge on any atom is -0.480 e. The Morgan fingerprint density at radius 2 is 0.887 bits per heavy atom. The summed E-state index contributed by atoms with van der Waals surface area (Å²) in [4.78, 5) is 46.1. The van der Waals surface area contributed by atoms with Crippen molar-refractivity contribution in [1.29, 1.82) is 0 Å². The van der Waals surface area contributed by atoms with Crippen LogP contribution in [0.15, 0.2) is 60.8 Å². The lowest BCUT2D eigenvalue weighted by Gasteiger charge is -2.20.